The number of thiocarbonyl (C=S) groups is 1. The fourth-order valence-electron chi connectivity index (χ4n) is 3.99. The maximum atomic E-state index is 13.0. The molecule has 0 N–H and O–H groups in total. The van der Waals surface area contributed by atoms with Crippen LogP contribution in [0.2, 0.25) is 5.02 Å². The van der Waals surface area contributed by atoms with Crippen LogP contribution in [0.5, 0.6) is 17.2 Å². The van der Waals surface area contributed by atoms with Gasteiger partial charge in [0.15, 0.2) is 11.5 Å². The lowest BCUT2D eigenvalue weighted by Crippen LogP contribution is -2.27. The standard InChI is InChI=1S/C31H32ClNO4S2/c1-31(2,3)23-11-13-24(14-12-23)36-15-8-16-37-28-25(32)17-22(18-26(28)35-4)19-27-29(34)33(30(38)39-27)20-21-9-6-5-7-10-21/h5-7,9-14,17-19H,8,15-16,20H2,1-4H3/b27-19+. The number of hydrogen-bond donors (Lipinski definition) is 0. The first-order valence-corrected chi connectivity index (χ1v) is 14.3. The van der Waals surface area contributed by atoms with E-state index in [4.69, 9.17) is 38.0 Å². The van der Waals surface area contributed by atoms with Crippen LogP contribution in [0.3, 0.4) is 0 Å². The highest BCUT2D eigenvalue weighted by Crippen LogP contribution is 2.39. The van der Waals surface area contributed by atoms with Gasteiger partial charge in [-0.2, -0.15) is 0 Å². The van der Waals surface area contributed by atoms with Crippen molar-refractivity contribution in [3.63, 3.8) is 0 Å². The fourth-order valence-corrected chi connectivity index (χ4v) is 5.52. The lowest BCUT2D eigenvalue weighted by atomic mass is 9.87. The molecule has 0 unspecified atom stereocenters. The predicted octanol–water partition coefficient (Wildman–Crippen LogP) is 7.90. The summed E-state index contributed by atoms with van der Waals surface area (Å²) in [5.41, 5.74) is 3.12. The van der Waals surface area contributed by atoms with Crippen LogP contribution in [-0.2, 0) is 16.8 Å². The molecule has 3 aromatic rings. The number of hydrogen-bond acceptors (Lipinski definition) is 6. The zero-order chi connectivity index (χ0) is 28.0. The van der Waals surface area contributed by atoms with Crippen molar-refractivity contribution >= 4 is 51.9 Å². The summed E-state index contributed by atoms with van der Waals surface area (Å²) >= 11 is 13.3. The third-order valence-corrected chi connectivity index (χ3v) is 7.79. The number of amides is 1. The van der Waals surface area contributed by atoms with E-state index in [-0.39, 0.29) is 11.3 Å². The summed E-state index contributed by atoms with van der Waals surface area (Å²) in [6.07, 6.45) is 2.45. The fraction of sp³-hybridized carbons (Fsp3) is 0.290. The van der Waals surface area contributed by atoms with E-state index < -0.39 is 0 Å². The van der Waals surface area contributed by atoms with Crippen LogP contribution < -0.4 is 14.2 Å². The van der Waals surface area contributed by atoms with E-state index in [0.717, 1.165) is 16.9 Å². The van der Waals surface area contributed by atoms with Gasteiger partial charge in [-0.15, -0.1) is 0 Å². The molecule has 0 bridgehead atoms. The van der Waals surface area contributed by atoms with Crippen LogP contribution in [0.4, 0.5) is 0 Å². The number of rotatable bonds is 10. The molecule has 0 spiro atoms. The molecule has 0 saturated carbocycles. The molecule has 1 aliphatic heterocycles. The highest BCUT2D eigenvalue weighted by Gasteiger charge is 2.32. The Morgan fingerprint density at radius 1 is 1.00 bits per heavy atom. The minimum absolute atomic E-state index is 0.109. The molecule has 3 aromatic carbocycles. The van der Waals surface area contributed by atoms with Crippen molar-refractivity contribution in [1.82, 2.24) is 4.90 Å². The van der Waals surface area contributed by atoms with Crippen molar-refractivity contribution < 1.29 is 19.0 Å². The largest absolute Gasteiger partial charge is 0.493 e. The Bertz CT molecular complexity index is 1350. The van der Waals surface area contributed by atoms with Crippen LogP contribution >= 0.6 is 35.6 Å². The second-order valence-electron chi connectivity index (χ2n) is 10.1. The predicted molar refractivity (Wildman–Crippen MR) is 164 cm³/mol. The number of ether oxygens (including phenoxy) is 3. The molecule has 1 aliphatic rings. The smallest absolute Gasteiger partial charge is 0.266 e. The third kappa shape index (κ3) is 7.56. The Labute approximate surface area is 245 Å². The molecule has 4 rings (SSSR count). The van der Waals surface area contributed by atoms with E-state index >= 15 is 0 Å². The second-order valence-corrected chi connectivity index (χ2v) is 12.2. The molecule has 1 heterocycles. The van der Waals surface area contributed by atoms with Gasteiger partial charge in [0.1, 0.15) is 10.1 Å². The molecule has 1 saturated heterocycles. The van der Waals surface area contributed by atoms with Crippen LogP contribution in [0, 0.1) is 0 Å². The first-order chi connectivity index (χ1) is 18.7. The Morgan fingerprint density at radius 2 is 1.69 bits per heavy atom. The molecule has 39 heavy (non-hydrogen) atoms. The average Bonchev–Trinajstić information content (AvgIpc) is 3.16. The van der Waals surface area contributed by atoms with Crippen molar-refractivity contribution in [3.05, 3.63) is 93.3 Å². The summed E-state index contributed by atoms with van der Waals surface area (Å²) in [4.78, 5) is 15.2. The van der Waals surface area contributed by atoms with Gasteiger partial charge in [0, 0.05) is 6.42 Å². The number of carbonyl (C=O) groups is 1. The van der Waals surface area contributed by atoms with Crippen molar-refractivity contribution in [2.24, 2.45) is 0 Å². The number of thioether (sulfide) groups is 1. The summed E-state index contributed by atoms with van der Waals surface area (Å²) in [6, 6.07) is 21.5. The summed E-state index contributed by atoms with van der Waals surface area (Å²) < 4.78 is 17.9. The van der Waals surface area contributed by atoms with E-state index in [0.29, 0.717) is 51.9 Å². The van der Waals surface area contributed by atoms with Crippen molar-refractivity contribution in [2.45, 2.75) is 39.2 Å². The number of carbonyl (C=O) groups excluding carboxylic acids is 1. The molecule has 1 amide bonds. The molecule has 5 nitrogen and oxygen atoms in total. The molecular weight excluding hydrogens is 550 g/mol. The lowest BCUT2D eigenvalue weighted by molar-refractivity contribution is -0.122. The van der Waals surface area contributed by atoms with Gasteiger partial charge in [-0.25, -0.2) is 0 Å². The van der Waals surface area contributed by atoms with Gasteiger partial charge in [-0.1, -0.05) is 98.8 Å². The Kier molecular flexibility index (Phi) is 9.59. The maximum absolute atomic E-state index is 13.0. The van der Waals surface area contributed by atoms with Crippen LogP contribution in [0.15, 0.2) is 71.6 Å². The van der Waals surface area contributed by atoms with E-state index in [1.54, 1.807) is 30.2 Å². The number of methoxy groups -OCH3 is 1. The van der Waals surface area contributed by atoms with Gasteiger partial charge >= 0.3 is 0 Å². The number of benzene rings is 3. The zero-order valence-corrected chi connectivity index (χ0v) is 24.9. The summed E-state index contributed by atoms with van der Waals surface area (Å²) in [5.74, 6) is 1.66. The van der Waals surface area contributed by atoms with Crippen LogP contribution in [0.25, 0.3) is 6.08 Å². The Balaban J connectivity index is 1.35. The maximum Gasteiger partial charge on any atom is 0.266 e. The van der Waals surface area contributed by atoms with Gasteiger partial charge < -0.3 is 14.2 Å². The molecule has 0 atom stereocenters. The first-order valence-electron chi connectivity index (χ1n) is 12.7. The van der Waals surface area contributed by atoms with Crippen LogP contribution in [0.1, 0.15) is 43.9 Å². The number of halogens is 1. The second kappa shape index (κ2) is 12.9. The molecule has 204 valence electrons. The van der Waals surface area contributed by atoms with Gasteiger partial charge in [-0.05, 0) is 52.4 Å². The molecule has 0 radical (unpaired) electrons. The van der Waals surface area contributed by atoms with Gasteiger partial charge in [0.25, 0.3) is 5.91 Å². The number of nitrogens with zero attached hydrogens (tertiary/aromatic N) is 1. The van der Waals surface area contributed by atoms with E-state index in [9.17, 15) is 4.79 Å². The van der Waals surface area contributed by atoms with Crippen molar-refractivity contribution in [1.29, 1.82) is 0 Å². The molecular formula is C31H32ClNO4S2. The minimum atomic E-state index is -0.127. The Morgan fingerprint density at radius 3 is 2.36 bits per heavy atom. The Hall–Kier alpha value is -3.00. The van der Waals surface area contributed by atoms with Crippen molar-refractivity contribution in [3.8, 4) is 17.2 Å². The molecule has 0 aliphatic carbocycles. The van der Waals surface area contributed by atoms with Gasteiger partial charge in [0.05, 0.1) is 36.8 Å². The van der Waals surface area contributed by atoms with E-state index in [1.807, 2.05) is 42.5 Å². The molecule has 0 aromatic heterocycles. The molecule has 1 fully saturated rings. The van der Waals surface area contributed by atoms with Gasteiger partial charge in [-0.3, -0.25) is 9.69 Å². The summed E-state index contributed by atoms with van der Waals surface area (Å²) in [6.45, 7) is 7.92. The molecule has 8 heteroatoms. The summed E-state index contributed by atoms with van der Waals surface area (Å²) in [7, 11) is 1.56. The third-order valence-electron chi connectivity index (χ3n) is 6.13. The quantitative estimate of drug-likeness (QED) is 0.138. The average molecular weight is 582 g/mol. The zero-order valence-electron chi connectivity index (χ0n) is 22.5. The topological polar surface area (TPSA) is 48.0 Å². The van der Waals surface area contributed by atoms with Crippen LogP contribution in [-0.4, -0.2) is 35.5 Å². The SMILES string of the molecule is COc1cc(/C=C2/SC(=S)N(Cc3ccccc3)C2=O)cc(Cl)c1OCCCOc1ccc(C(C)(C)C)cc1. The summed E-state index contributed by atoms with van der Waals surface area (Å²) in [5, 5.41) is 0.402. The van der Waals surface area contributed by atoms with E-state index in [1.165, 1.54) is 17.3 Å². The highest BCUT2D eigenvalue weighted by molar-refractivity contribution is 8.26. The van der Waals surface area contributed by atoms with Crippen molar-refractivity contribution in [2.75, 3.05) is 20.3 Å². The first kappa shape index (κ1) is 29.0. The monoisotopic (exact) mass is 581 g/mol. The normalized spacial score (nSPS) is 14.7. The highest BCUT2D eigenvalue weighted by atomic mass is 35.5. The van der Waals surface area contributed by atoms with Gasteiger partial charge in [0.2, 0.25) is 0 Å². The minimum Gasteiger partial charge on any atom is -0.493 e. The van der Waals surface area contributed by atoms with E-state index in [2.05, 4.69) is 32.9 Å². The lowest BCUT2D eigenvalue weighted by Gasteiger charge is -2.19.